The highest BCUT2D eigenvalue weighted by atomic mass is 16.1. The molecule has 0 saturated carbocycles. The van der Waals surface area contributed by atoms with Crippen molar-refractivity contribution in [3.63, 3.8) is 0 Å². The SMILES string of the molecule is O=C(Nc1cccc(-c2cncnc2)c1)c1ccncc1. The first-order valence-electron chi connectivity index (χ1n) is 6.40. The Bertz CT molecular complexity index is 744. The highest BCUT2D eigenvalue weighted by molar-refractivity contribution is 6.04. The van der Waals surface area contributed by atoms with E-state index in [4.69, 9.17) is 0 Å². The van der Waals surface area contributed by atoms with Crippen molar-refractivity contribution in [3.8, 4) is 11.1 Å². The topological polar surface area (TPSA) is 67.8 Å². The predicted molar refractivity (Wildman–Crippen MR) is 79.7 cm³/mol. The summed E-state index contributed by atoms with van der Waals surface area (Å²) < 4.78 is 0. The molecule has 0 bridgehead atoms. The summed E-state index contributed by atoms with van der Waals surface area (Å²) in [6.07, 6.45) is 8.13. The molecule has 3 aromatic rings. The van der Waals surface area contributed by atoms with Crippen LogP contribution in [0.3, 0.4) is 0 Å². The fraction of sp³-hybridized carbons (Fsp3) is 0. The van der Waals surface area contributed by atoms with E-state index in [1.807, 2.05) is 24.3 Å². The van der Waals surface area contributed by atoms with Crippen molar-refractivity contribution in [3.05, 3.63) is 73.1 Å². The molecule has 2 aromatic heterocycles. The Kier molecular flexibility index (Phi) is 3.64. The average molecular weight is 276 g/mol. The van der Waals surface area contributed by atoms with Gasteiger partial charge in [-0.05, 0) is 29.8 Å². The average Bonchev–Trinajstić information content (AvgIpc) is 2.57. The molecule has 21 heavy (non-hydrogen) atoms. The summed E-state index contributed by atoms with van der Waals surface area (Å²) in [5.74, 6) is -0.168. The third-order valence-electron chi connectivity index (χ3n) is 2.96. The van der Waals surface area contributed by atoms with Gasteiger partial charge < -0.3 is 5.32 Å². The van der Waals surface area contributed by atoms with E-state index in [9.17, 15) is 4.79 Å². The molecule has 5 nitrogen and oxygen atoms in total. The molecular formula is C16H12N4O. The van der Waals surface area contributed by atoms with E-state index in [1.165, 1.54) is 6.33 Å². The van der Waals surface area contributed by atoms with E-state index in [-0.39, 0.29) is 5.91 Å². The maximum Gasteiger partial charge on any atom is 0.255 e. The number of benzene rings is 1. The van der Waals surface area contributed by atoms with Gasteiger partial charge in [-0.2, -0.15) is 0 Å². The molecule has 1 aromatic carbocycles. The van der Waals surface area contributed by atoms with E-state index >= 15 is 0 Å². The number of nitrogens with one attached hydrogen (secondary N) is 1. The summed E-state index contributed by atoms with van der Waals surface area (Å²) in [6, 6.07) is 10.9. The molecule has 0 radical (unpaired) electrons. The minimum absolute atomic E-state index is 0.168. The number of hydrogen-bond acceptors (Lipinski definition) is 4. The van der Waals surface area contributed by atoms with Crippen molar-refractivity contribution in [1.82, 2.24) is 15.0 Å². The lowest BCUT2D eigenvalue weighted by Gasteiger charge is -2.07. The molecule has 0 saturated heterocycles. The number of carbonyl (C=O) groups excluding carboxylic acids is 1. The van der Waals surface area contributed by atoms with Gasteiger partial charge in [0.2, 0.25) is 0 Å². The molecule has 0 aliphatic heterocycles. The predicted octanol–water partition coefficient (Wildman–Crippen LogP) is 2.79. The lowest BCUT2D eigenvalue weighted by molar-refractivity contribution is 0.102. The first-order valence-corrected chi connectivity index (χ1v) is 6.40. The van der Waals surface area contributed by atoms with Crippen molar-refractivity contribution in [1.29, 1.82) is 0 Å². The van der Waals surface area contributed by atoms with Crippen LogP contribution >= 0.6 is 0 Å². The normalized spacial score (nSPS) is 10.1. The van der Waals surface area contributed by atoms with Crippen LogP contribution in [0.15, 0.2) is 67.5 Å². The first-order chi connectivity index (χ1) is 10.3. The van der Waals surface area contributed by atoms with Crippen LogP contribution in [0.1, 0.15) is 10.4 Å². The van der Waals surface area contributed by atoms with Gasteiger partial charge in [0.25, 0.3) is 5.91 Å². The molecule has 1 N–H and O–H groups in total. The highest BCUT2D eigenvalue weighted by Gasteiger charge is 2.06. The minimum Gasteiger partial charge on any atom is -0.322 e. The first kappa shape index (κ1) is 12.9. The Hall–Kier alpha value is -3.08. The second-order valence-electron chi connectivity index (χ2n) is 4.40. The second-order valence-corrected chi connectivity index (χ2v) is 4.40. The third-order valence-corrected chi connectivity index (χ3v) is 2.96. The maximum atomic E-state index is 12.1. The van der Waals surface area contributed by atoms with E-state index in [2.05, 4.69) is 20.3 Å². The molecular weight excluding hydrogens is 264 g/mol. The van der Waals surface area contributed by atoms with Gasteiger partial charge in [-0.15, -0.1) is 0 Å². The quantitative estimate of drug-likeness (QED) is 0.798. The molecule has 1 amide bonds. The van der Waals surface area contributed by atoms with Gasteiger partial charge in [-0.1, -0.05) is 12.1 Å². The number of amides is 1. The van der Waals surface area contributed by atoms with Crippen LogP contribution in [0.25, 0.3) is 11.1 Å². The number of aromatic nitrogens is 3. The number of carbonyl (C=O) groups is 1. The molecule has 0 fully saturated rings. The molecule has 0 aliphatic carbocycles. The lowest BCUT2D eigenvalue weighted by atomic mass is 10.1. The van der Waals surface area contributed by atoms with Crippen molar-refractivity contribution in [2.45, 2.75) is 0 Å². The minimum atomic E-state index is -0.168. The van der Waals surface area contributed by atoms with Crippen LogP contribution in [-0.4, -0.2) is 20.9 Å². The fourth-order valence-electron chi connectivity index (χ4n) is 1.93. The Morgan fingerprint density at radius 2 is 1.67 bits per heavy atom. The van der Waals surface area contributed by atoms with E-state index in [0.29, 0.717) is 5.56 Å². The summed E-state index contributed by atoms with van der Waals surface area (Å²) in [7, 11) is 0. The largest absolute Gasteiger partial charge is 0.322 e. The fourth-order valence-corrected chi connectivity index (χ4v) is 1.93. The Balaban J connectivity index is 1.83. The maximum absolute atomic E-state index is 12.1. The van der Waals surface area contributed by atoms with Crippen LogP contribution < -0.4 is 5.32 Å². The summed E-state index contributed by atoms with van der Waals surface area (Å²) in [5.41, 5.74) is 3.14. The standard InChI is InChI=1S/C16H12N4O/c21-16(12-4-6-17-7-5-12)20-15-3-1-2-13(8-15)14-9-18-11-19-10-14/h1-11H,(H,20,21). The van der Waals surface area contributed by atoms with Crippen molar-refractivity contribution >= 4 is 11.6 Å². The van der Waals surface area contributed by atoms with Gasteiger partial charge >= 0.3 is 0 Å². The third kappa shape index (κ3) is 3.09. The van der Waals surface area contributed by atoms with Gasteiger partial charge in [0.05, 0.1) is 0 Å². The van der Waals surface area contributed by atoms with Crippen molar-refractivity contribution in [2.24, 2.45) is 0 Å². The molecule has 0 unspecified atom stereocenters. The van der Waals surface area contributed by atoms with Gasteiger partial charge in [-0.25, -0.2) is 9.97 Å². The summed E-state index contributed by atoms with van der Waals surface area (Å²) >= 11 is 0. The molecule has 0 atom stereocenters. The Morgan fingerprint density at radius 1 is 0.905 bits per heavy atom. The van der Waals surface area contributed by atoms with Crippen molar-refractivity contribution in [2.75, 3.05) is 5.32 Å². The summed E-state index contributed by atoms with van der Waals surface area (Å²) in [4.78, 5) is 24.0. The molecule has 3 rings (SSSR count). The Labute approximate surface area is 121 Å². The Morgan fingerprint density at radius 3 is 2.43 bits per heavy atom. The lowest BCUT2D eigenvalue weighted by Crippen LogP contribution is -2.11. The zero-order valence-corrected chi connectivity index (χ0v) is 11.1. The number of nitrogens with zero attached hydrogens (tertiary/aromatic N) is 3. The highest BCUT2D eigenvalue weighted by Crippen LogP contribution is 2.21. The van der Waals surface area contributed by atoms with Gasteiger partial charge in [0, 0.05) is 41.6 Å². The number of rotatable bonds is 3. The smallest absolute Gasteiger partial charge is 0.255 e. The van der Waals surface area contributed by atoms with Gasteiger partial charge in [0.15, 0.2) is 0 Å². The van der Waals surface area contributed by atoms with Gasteiger partial charge in [-0.3, -0.25) is 9.78 Å². The van der Waals surface area contributed by atoms with Crippen LogP contribution in [0.2, 0.25) is 0 Å². The zero-order chi connectivity index (χ0) is 14.5. The van der Waals surface area contributed by atoms with Crippen molar-refractivity contribution < 1.29 is 4.79 Å². The van der Waals surface area contributed by atoms with E-state index in [0.717, 1.165) is 16.8 Å². The summed E-state index contributed by atoms with van der Waals surface area (Å²) in [6.45, 7) is 0. The zero-order valence-electron chi connectivity index (χ0n) is 11.1. The monoisotopic (exact) mass is 276 g/mol. The molecule has 2 heterocycles. The number of anilines is 1. The van der Waals surface area contributed by atoms with Crippen LogP contribution in [0.5, 0.6) is 0 Å². The van der Waals surface area contributed by atoms with Crippen LogP contribution in [-0.2, 0) is 0 Å². The molecule has 102 valence electrons. The summed E-state index contributed by atoms with van der Waals surface area (Å²) in [5, 5.41) is 2.86. The second kappa shape index (κ2) is 5.92. The molecule has 0 spiro atoms. The van der Waals surface area contributed by atoms with Crippen LogP contribution in [0.4, 0.5) is 5.69 Å². The molecule has 5 heteroatoms. The molecule has 0 aliphatic rings. The van der Waals surface area contributed by atoms with E-state index in [1.54, 1.807) is 36.9 Å². The van der Waals surface area contributed by atoms with Gasteiger partial charge in [0.1, 0.15) is 6.33 Å². The number of pyridine rings is 1. The van der Waals surface area contributed by atoms with E-state index < -0.39 is 0 Å². The van der Waals surface area contributed by atoms with Crippen LogP contribution in [0, 0.1) is 0 Å². The number of hydrogen-bond donors (Lipinski definition) is 1.